The first-order valence-electron chi connectivity index (χ1n) is 8.83. The fourth-order valence-corrected chi connectivity index (χ4v) is 3.47. The summed E-state index contributed by atoms with van der Waals surface area (Å²) in [6.45, 7) is 0. The number of aromatic nitrogens is 1. The van der Waals surface area contributed by atoms with Gasteiger partial charge in [0.2, 0.25) is 0 Å². The largest absolute Gasteiger partial charge is 0.588 e. The van der Waals surface area contributed by atoms with Gasteiger partial charge in [-0.2, -0.15) is 4.72 Å². The molecule has 1 aliphatic rings. The molecule has 0 radical (unpaired) electrons. The van der Waals surface area contributed by atoms with E-state index in [1.807, 2.05) is 0 Å². The lowest BCUT2D eigenvalue weighted by Gasteiger charge is -2.20. The van der Waals surface area contributed by atoms with E-state index in [2.05, 4.69) is 19.8 Å². The van der Waals surface area contributed by atoms with Crippen molar-refractivity contribution in [3.05, 3.63) is 83.1 Å². The maximum absolute atomic E-state index is 12.5. The first-order chi connectivity index (χ1) is 15.1. The summed E-state index contributed by atoms with van der Waals surface area (Å²) in [5, 5.41) is 11.5. The molecule has 1 atom stereocenters. The maximum atomic E-state index is 12.5. The van der Waals surface area contributed by atoms with Crippen LogP contribution in [0.15, 0.2) is 82.4 Å². The van der Waals surface area contributed by atoms with Crippen LogP contribution in [-0.2, 0) is 11.4 Å². The number of ether oxygens (including phenoxy) is 2. The number of benzene rings is 1. The van der Waals surface area contributed by atoms with E-state index < -0.39 is 23.5 Å². The number of nitrogens with one attached hydrogen (secondary N) is 3. The fraction of sp³-hybridized carbons (Fsp3) is 0.100. The van der Waals surface area contributed by atoms with Crippen molar-refractivity contribution in [2.75, 3.05) is 7.11 Å². The van der Waals surface area contributed by atoms with Gasteiger partial charge < -0.3 is 24.8 Å². The number of allylic oxidation sites excluding steroid dienone is 4. The molecule has 2 aromatic rings. The van der Waals surface area contributed by atoms with Crippen molar-refractivity contribution in [3.63, 3.8) is 0 Å². The van der Waals surface area contributed by atoms with E-state index in [-0.39, 0.29) is 10.6 Å². The summed E-state index contributed by atoms with van der Waals surface area (Å²) in [5.41, 5.74) is 0.973. The summed E-state index contributed by atoms with van der Waals surface area (Å²) in [6.07, 6.45) is 2.75. The number of hydrogen-bond donors (Lipinski definition) is 3. The molecule has 0 spiro atoms. The highest BCUT2D eigenvalue weighted by molar-refractivity contribution is 7.89. The van der Waals surface area contributed by atoms with Crippen LogP contribution in [-0.4, -0.2) is 28.7 Å². The molecule has 0 saturated carbocycles. The van der Waals surface area contributed by atoms with Gasteiger partial charge in [0.15, 0.2) is 4.90 Å². The molecule has 0 fully saturated rings. The number of halogens is 4. The maximum Gasteiger partial charge on any atom is 0.573 e. The monoisotopic (exact) mass is 484 g/mol. The number of dihydropyridines is 1. The van der Waals surface area contributed by atoms with Crippen molar-refractivity contribution in [1.29, 1.82) is 5.41 Å². The molecule has 2 heterocycles. The third kappa shape index (κ3) is 6.42. The summed E-state index contributed by atoms with van der Waals surface area (Å²) in [4.78, 5) is 4.23. The molecule has 7 nitrogen and oxygen atoms in total. The molecule has 3 rings (SSSR count). The van der Waals surface area contributed by atoms with E-state index in [1.165, 1.54) is 43.8 Å². The lowest BCUT2D eigenvalue weighted by molar-refractivity contribution is -0.274. The Bertz CT molecular complexity index is 1090. The lowest BCUT2D eigenvalue weighted by atomic mass is 10.1. The first-order valence-corrected chi connectivity index (χ1v) is 10.4. The van der Waals surface area contributed by atoms with Gasteiger partial charge >= 0.3 is 6.36 Å². The molecule has 1 aromatic carbocycles. The van der Waals surface area contributed by atoms with Gasteiger partial charge in [0.1, 0.15) is 28.7 Å². The average molecular weight is 485 g/mol. The third-order valence-electron chi connectivity index (χ3n) is 3.95. The molecule has 0 unspecified atom stereocenters. The normalized spacial score (nSPS) is 15.9. The van der Waals surface area contributed by atoms with Gasteiger partial charge in [0.05, 0.1) is 29.7 Å². The second-order valence-electron chi connectivity index (χ2n) is 6.20. The zero-order valence-corrected chi connectivity index (χ0v) is 17.9. The molecule has 1 aliphatic heterocycles. The number of alkyl halides is 3. The zero-order chi connectivity index (χ0) is 23.3. The quantitative estimate of drug-likeness (QED) is 0.403. The second-order valence-corrected chi connectivity index (χ2v) is 7.82. The van der Waals surface area contributed by atoms with Crippen molar-refractivity contribution >= 4 is 28.7 Å². The van der Waals surface area contributed by atoms with Crippen molar-refractivity contribution in [1.82, 2.24) is 15.0 Å². The smallest absolute Gasteiger partial charge is 0.573 e. The van der Waals surface area contributed by atoms with Crippen LogP contribution >= 0.6 is 11.6 Å². The molecule has 168 valence electrons. The molecule has 0 bridgehead atoms. The van der Waals surface area contributed by atoms with Gasteiger partial charge in [-0.3, -0.25) is 4.98 Å². The number of pyridine rings is 1. The highest BCUT2D eigenvalue weighted by Gasteiger charge is 2.31. The lowest BCUT2D eigenvalue weighted by Crippen LogP contribution is -2.32. The van der Waals surface area contributed by atoms with Crippen LogP contribution < -0.4 is 19.5 Å². The summed E-state index contributed by atoms with van der Waals surface area (Å²) < 4.78 is 60.9. The predicted octanol–water partition coefficient (Wildman–Crippen LogP) is 4.12. The molecule has 3 N–H and O–H groups in total. The van der Waals surface area contributed by atoms with E-state index in [9.17, 15) is 17.7 Å². The molecule has 0 saturated heterocycles. The molecule has 0 amide bonds. The summed E-state index contributed by atoms with van der Waals surface area (Å²) >= 11 is 4.41. The first kappa shape index (κ1) is 23.5. The van der Waals surface area contributed by atoms with E-state index in [4.69, 9.17) is 21.7 Å². The highest BCUT2D eigenvalue weighted by atomic mass is 35.5. The summed E-state index contributed by atoms with van der Waals surface area (Å²) in [5.74, 6) is 0.387. The Kier molecular flexibility index (Phi) is 7.33. The standard InChI is InChI=1S/C20H16ClF3N4O3S/c1-30-14-8-12(10-26-11-14)17(25)9-18-16(21)6-7-19(27-18)28-32(29)15-4-2-13(3-5-15)31-20(22,23)24/h2-11,25,27-28H,1H3/b18-9-,25-17?/t32-/m1/s1. The Labute approximate surface area is 189 Å². The Hall–Kier alpha value is -3.15. The Balaban J connectivity index is 1.68. The Morgan fingerprint density at radius 1 is 1.22 bits per heavy atom. The van der Waals surface area contributed by atoms with Gasteiger partial charge in [-0.25, -0.2) is 0 Å². The predicted molar refractivity (Wildman–Crippen MR) is 114 cm³/mol. The van der Waals surface area contributed by atoms with Crippen LogP contribution in [0.4, 0.5) is 13.2 Å². The van der Waals surface area contributed by atoms with Crippen LogP contribution in [0.25, 0.3) is 0 Å². The molecule has 32 heavy (non-hydrogen) atoms. The van der Waals surface area contributed by atoms with Crippen LogP contribution in [0, 0.1) is 5.41 Å². The van der Waals surface area contributed by atoms with Gasteiger partial charge in [-0.15, -0.1) is 13.2 Å². The fourth-order valence-electron chi connectivity index (χ4n) is 2.49. The van der Waals surface area contributed by atoms with Crippen molar-refractivity contribution in [2.24, 2.45) is 0 Å². The van der Waals surface area contributed by atoms with Gasteiger partial charge in [-0.1, -0.05) is 11.6 Å². The number of nitrogens with zero attached hydrogens (tertiary/aromatic N) is 1. The van der Waals surface area contributed by atoms with E-state index >= 15 is 0 Å². The number of methoxy groups -OCH3 is 1. The minimum Gasteiger partial charge on any atom is -0.588 e. The third-order valence-corrected chi connectivity index (χ3v) is 5.38. The van der Waals surface area contributed by atoms with Crippen LogP contribution in [0.2, 0.25) is 0 Å². The van der Waals surface area contributed by atoms with Crippen molar-refractivity contribution in [2.45, 2.75) is 11.3 Å². The number of rotatable bonds is 7. The molecule has 0 aliphatic carbocycles. The van der Waals surface area contributed by atoms with Gasteiger partial charge in [0.25, 0.3) is 0 Å². The zero-order valence-electron chi connectivity index (χ0n) is 16.4. The van der Waals surface area contributed by atoms with Crippen LogP contribution in [0.3, 0.4) is 0 Å². The Morgan fingerprint density at radius 2 is 1.94 bits per heavy atom. The van der Waals surface area contributed by atoms with E-state index in [0.29, 0.717) is 27.9 Å². The van der Waals surface area contributed by atoms with Crippen LogP contribution in [0.1, 0.15) is 5.56 Å². The topological polar surface area (TPSA) is 102 Å². The average Bonchev–Trinajstić information content (AvgIpc) is 2.75. The second kappa shape index (κ2) is 9.98. The highest BCUT2D eigenvalue weighted by Crippen LogP contribution is 2.25. The Morgan fingerprint density at radius 3 is 2.59 bits per heavy atom. The molecular weight excluding hydrogens is 469 g/mol. The molecule has 12 heteroatoms. The molecular formula is C20H16ClF3N4O3S. The molecule has 1 aromatic heterocycles. The van der Waals surface area contributed by atoms with Gasteiger partial charge in [-0.05, 0) is 48.6 Å². The van der Waals surface area contributed by atoms with Gasteiger partial charge in [0, 0.05) is 11.8 Å². The summed E-state index contributed by atoms with van der Waals surface area (Å²) in [6, 6.07) is 6.27. The van der Waals surface area contributed by atoms with E-state index in [1.54, 1.807) is 12.1 Å². The van der Waals surface area contributed by atoms with E-state index in [0.717, 1.165) is 12.1 Å². The summed E-state index contributed by atoms with van der Waals surface area (Å²) in [7, 11) is 1.49. The van der Waals surface area contributed by atoms with Crippen molar-refractivity contribution < 1.29 is 27.2 Å². The minimum atomic E-state index is -4.81. The minimum absolute atomic E-state index is 0.105. The SMILES string of the molecule is COc1cncc(C(=N)/C=C2\NC(N[S@+]([O-])c3ccc(OC(F)(F)F)cc3)=CC=C2Cl)c1. The number of hydrogen-bond acceptors (Lipinski definition) is 7. The van der Waals surface area contributed by atoms with Crippen LogP contribution in [0.5, 0.6) is 11.5 Å². The van der Waals surface area contributed by atoms with Crippen molar-refractivity contribution in [3.8, 4) is 11.5 Å².